The van der Waals surface area contributed by atoms with Crippen LogP contribution in [-0.2, 0) is 14.4 Å². The fourth-order valence-electron chi connectivity index (χ4n) is 5.86. The number of hydrogen-bond acceptors (Lipinski definition) is 6. The van der Waals surface area contributed by atoms with Gasteiger partial charge in [0.05, 0.1) is 12.8 Å². The van der Waals surface area contributed by atoms with Crippen LogP contribution < -0.4 is 14.8 Å². The molecule has 0 aromatic heterocycles. The second kappa shape index (κ2) is 11.0. The normalized spacial score (nSPS) is 17.8. The van der Waals surface area contributed by atoms with Gasteiger partial charge >= 0.3 is 0 Å². The fourth-order valence-corrected chi connectivity index (χ4v) is 6.04. The van der Waals surface area contributed by atoms with Gasteiger partial charge in [0.1, 0.15) is 11.5 Å². The van der Waals surface area contributed by atoms with Crippen molar-refractivity contribution in [2.45, 2.75) is 51.4 Å². The summed E-state index contributed by atoms with van der Waals surface area (Å²) in [6, 6.07) is 12.3. The number of nitrogens with one attached hydrogen (secondary N) is 1. The molecule has 0 spiro atoms. The van der Waals surface area contributed by atoms with Gasteiger partial charge in [-0.3, -0.25) is 14.4 Å². The standard InChI is InChI=1S/C30H31ClN2O5/c1-3-33-21-9-6-11-23(34)29(21)28(30-22(33)10-7-12-24(30)35)19-16-18(31)14-15-25(19)38-17-27(36)32-20-8-4-5-13-26(20)37-2/h4-5,8,13-16,28H,3,6-7,9-12,17H2,1-2H3,(H,32,36). The van der Waals surface area contributed by atoms with E-state index in [1.807, 2.05) is 6.07 Å². The van der Waals surface area contributed by atoms with Crippen LogP contribution in [-0.4, -0.2) is 42.6 Å². The van der Waals surface area contributed by atoms with Crippen molar-refractivity contribution >= 4 is 34.8 Å². The number of benzene rings is 2. The van der Waals surface area contributed by atoms with E-state index in [2.05, 4.69) is 17.1 Å². The number of amides is 1. The van der Waals surface area contributed by atoms with Gasteiger partial charge in [-0.15, -0.1) is 0 Å². The van der Waals surface area contributed by atoms with Gasteiger partial charge in [-0.1, -0.05) is 23.7 Å². The van der Waals surface area contributed by atoms with Gasteiger partial charge in [0.25, 0.3) is 5.91 Å². The predicted molar refractivity (Wildman–Crippen MR) is 145 cm³/mol. The first-order valence-corrected chi connectivity index (χ1v) is 13.5. The Morgan fingerprint density at radius 1 is 0.974 bits per heavy atom. The highest BCUT2D eigenvalue weighted by Crippen LogP contribution is 2.51. The SMILES string of the molecule is CCN1C2=C(C(=O)CCC2)C(c2cc(Cl)ccc2OCC(=O)Nc2ccccc2OC)C2=C1CCCC2=O. The molecule has 1 aliphatic heterocycles. The number of nitrogens with zero attached hydrogens (tertiary/aromatic N) is 1. The first kappa shape index (κ1) is 26.0. The summed E-state index contributed by atoms with van der Waals surface area (Å²) in [4.78, 5) is 41.8. The third kappa shape index (κ3) is 4.83. The quantitative estimate of drug-likeness (QED) is 0.483. The molecule has 3 aliphatic rings. The summed E-state index contributed by atoms with van der Waals surface area (Å²) in [6.07, 6.45) is 4.05. The molecule has 0 bridgehead atoms. The number of carbonyl (C=O) groups excluding carboxylic acids is 3. The van der Waals surface area contributed by atoms with Crippen molar-refractivity contribution in [1.82, 2.24) is 4.90 Å². The third-order valence-corrected chi connectivity index (χ3v) is 7.66. The van der Waals surface area contributed by atoms with E-state index < -0.39 is 5.92 Å². The minimum Gasteiger partial charge on any atom is -0.495 e. The highest BCUT2D eigenvalue weighted by molar-refractivity contribution is 6.30. The average Bonchev–Trinajstić information content (AvgIpc) is 2.92. The second-order valence-corrected chi connectivity index (χ2v) is 10.1. The van der Waals surface area contributed by atoms with Gasteiger partial charge in [0, 0.05) is 58.4 Å². The Balaban J connectivity index is 1.52. The first-order chi connectivity index (χ1) is 18.4. The van der Waals surface area contributed by atoms with Gasteiger partial charge < -0.3 is 19.7 Å². The van der Waals surface area contributed by atoms with Crippen molar-refractivity contribution in [1.29, 1.82) is 0 Å². The molecule has 5 rings (SSSR count). The molecule has 0 saturated heterocycles. The van der Waals surface area contributed by atoms with Crippen LogP contribution in [0.15, 0.2) is 65.0 Å². The van der Waals surface area contributed by atoms with Crippen LogP contribution in [0.4, 0.5) is 5.69 Å². The zero-order chi connectivity index (χ0) is 26.8. The Morgan fingerprint density at radius 3 is 2.26 bits per heavy atom. The summed E-state index contributed by atoms with van der Waals surface area (Å²) in [6.45, 7) is 2.50. The smallest absolute Gasteiger partial charge is 0.262 e. The summed E-state index contributed by atoms with van der Waals surface area (Å²) in [7, 11) is 1.54. The number of ether oxygens (including phenoxy) is 2. The molecule has 0 atom stereocenters. The average molecular weight is 535 g/mol. The summed E-state index contributed by atoms with van der Waals surface area (Å²) >= 11 is 6.46. The molecule has 38 heavy (non-hydrogen) atoms. The third-order valence-electron chi connectivity index (χ3n) is 7.43. The molecule has 2 aromatic carbocycles. The number of Topliss-reactive ketones (excluding diaryl/α,β-unsaturated/α-hetero) is 2. The number of carbonyl (C=O) groups is 3. The molecule has 198 valence electrons. The number of allylic oxidation sites excluding steroid dienone is 4. The molecule has 0 fully saturated rings. The van der Waals surface area contributed by atoms with E-state index in [1.165, 1.54) is 7.11 Å². The molecule has 8 heteroatoms. The van der Waals surface area contributed by atoms with E-state index in [0.717, 1.165) is 37.1 Å². The largest absolute Gasteiger partial charge is 0.495 e. The van der Waals surface area contributed by atoms with E-state index >= 15 is 0 Å². The number of rotatable bonds is 7. The molecular formula is C30H31ClN2O5. The number of anilines is 1. The topological polar surface area (TPSA) is 84.9 Å². The molecule has 1 N–H and O–H groups in total. The highest BCUT2D eigenvalue weighted by Gasteiger charge is 2.43. The van der Waals surface area contributed by atoms with Crippen LogP contribution in [0.2, 0.25) is 5.02 Å². The van der Waals surface area contributed by atoms with Crippen molar-refractivity contribution in [2.75, 3.05) is 25.6 Å². The minimum atomic E-state index is -0.561. The van der Waals surface area contributed by atoms with Crippen LogP contribution >= 0.6 is 11.6 Å². The molecule has 2 aromatic rings. The maximum absolute atomic E-state index is 13.4. The van der Waals surface area contributed by atoms with Crippen LogP contribution in [0.1, 0.15) is 56.9 Å². The van der Waals surface area contributed by atoms with E-state index in [9.17, 15) is 14.4 Å². The molecule has 1 amide bonds. The van der Waals surface area contributed by atoms with Crippen LogP contribution in [0.3, 0.4) is 0 Å². The van der Waals surface area contributed by atoms with E-state index in [-0.39, 0.29) is 24.1 Å². The van der Waals surface area contributed by atoms with Gasteiger partial charge in [-0.05, 0) is 62.9 Å². The Labute approximate surface area is 227 Å². The second-order valence-electron chi connectivity index (χ2n) is 9.67. The van der Waals surface area contributed by atoms with Crippen molar-refractivity contribution in [3.63, 3.8) is 0 Å². The lowest BCUT2D eigenvalue weighted by Crippen LogP contribution is -2.39. The lowest BCUT2D eigenvalue weighted by Gasteiger charge is -2.43. The maximum atomic E-state index is 13.4. The lowest BCUT2D eigenvalue weighted by molar-refractivity contribution is -0.119. The van der Waals surface area contributed by atoms with Crippen molar-refractivity contribution < 1.29 is 23.9 Å². The number of methoxy groups -OCH3 is 1. The maximum Gasteiger partial charge on any atom is 0.262 e. The number of halogens is 1. The zero-order valence-corrected chi connectivity index (χ0v) is 22.4. The van der Waals surface area contributed by atoms with Crippen LogP contribution in [0, 0.1) is 0 Å². The Kier molecular flexibility index (Phi) is 7.56. The fraction of sp³-hybridized carbons (Fsp3) is 0.367. The molecule has 2 aliphatic carbocycles. The Hall–Kier alpha value is -3.58. The van der Waals surface area contributed by atoms with E-state index in [1.54, 1.807) is 36.4 Å². The summed E-state index contributed by atoms with van der Waals surface area (Å²) in [5.41, 5.74) is 4.51. The van der Waals surface area contributed by atoms with E-state index in [0.29, 0.717) is 58.3 Å². The summed E-state index contributed by atoms with van der Waals surface area (Å²) in [5.74, 6) is 0.156. The van der Waals surface area contributed by atoms with Crippen molar-refractivity contribution in [3.8, 4) is 11.5 Å². The molecule has 0 radical (unpaired) electrons. The molecule has 0 unspecified atom stereocenters. The molecule has 0 saturated carbocycles. The van der Waals surface area contributed by atoms with Crippen LogP contribution in [0.25, 0.3) is 0 Å². The number of ketones is 2. The minimum absolute atomic E-state index is 0.0551. The van der Waals surface area contributed by atoms with Crippen molar-refractivity contribution in [3.05, 3.63) is 75.6 Å². The van der Waals surface area contributed by atoms with Gasteiger partial charge in [-0.25, -0.2) is 0 Å². The number of para-hydroxylation sites is 2. The van der Waals surface area contributed by atoms with E-state index in [4.69, 9.17) is 21.1 Å². The van der Waals surface area contributed by atoms with Gasteiger partial charge in [-0.2, -0.15) is 0 Å². The Morgan fingerprint density at radius 2 is 1.63 bits per heavy atom. The molecular weight excluding hydrogens is 504 g/mol. The lowest BCUT2D eigenvalue weighted by atomic mass is 9.70. The summed E-state index contributed by atoms with van der Waals surface area (Å²) < 4.78 is 11.4. The monoisotopic (exact) mass is 534 g/mol. The first-order valence-electron chi connectivity index (χ1n) is 13.1. The van der Waals surface area contributed by atoms with Gasteiger partial charge in [0.15, 0.2) is 18.2 Å². The molecule has 7 nitrogen and oxygen atoms in total. The highest BCUT2D eigenvalue weighted by atomic mass is 35.5. The van der Waals surface area contributed by atoms with Gasteiger partial charge in [0.2, 0.25) is 0 Å². The zero-order valence-electron chi connectivity index (χ0n) is 21.6. The molecule has 1 heterocycles. The van der Waals surface area contributed by atoms with Crippen LogP contribution in [0.5, 0.6) is 11.5 Å². The Bertz CT molecular complexity index is 1320. The van der Waals surface area contributed by atoms with Crippen molar-refractivity contribution in [2.24, 2.45) is 0 Å². The number of hydrogen-bond donors (Lipinski definition) is 1. The summed E-state index contributed by atoms with van der Waals surface area (Å²) in [5, 5.41) is 3.28. The predicted octanol–water partition coefficient (Wildman–Crippen LogP) is 5.80.